The first-order valence-electron chi connectivity index (χ1n) is 13.8. The molecule has 1 fully saturated rings. The number of benzene rings is 1. The van der Waals surface area contributed by atoms with Crippen LogP contribution in [0.1, 0.15) is 75.8 Å². The highest BCUT2D eigenvalue weighted by Gasteiger charge is 2.31. The van der Waals surface area contributed by atoms with Crippen LogP contribution in [-0.2, 0) is 27.2 Å². The summed E-state index contributed by atoms with van der Waals surface area (Å²) in [4.78, 5) is 45.4. The lowest BCUT2D eigenvalue weighted by Crippen LogP contribution is -2.44. The second-order valence-corrected chi connectivity index (χ2v) is 11.8. The molecule has 1 aromatic carbocycles. The molecular formula is C30H43N3O3S. The fourth-order valence-corrected chi connectivity index (χ4v) is 6.34. The van der Waals surface area contributed by atoms with Crippen LogP contribution in [0.3, 0.4) is 0 Å². The average Bonchev–Trinajstić information content (AvgIpc) is 3.54. The molecule has 1 heterocycles. The van der Waals surface area contributed by atoms with E-state index >= 15 is 0 Å². The zero-order valence-corrected chi connectivity index (χ0v) is 23.8. The van der Waals surface area contributed by atoms with E-state index in [0.717, 1.165) is 47.3 Å². The van der Waals surface area contributed by atoms with E-state index in [-0.39, 0.29) is 29.9 Å². The molecule has 1 aliphatic carbocycles. The lowest BCUT2D eigenvalue weighted by atomic mass is 9.90. The maximum atomic E-state index is 13.6. The molecule has 202 valence electrons. The third-order valence-corrected chi connectivity index (χ3v) is 8.49. The molecule has 2 atom stereocenters. The molecule has 1 aromatic heterocycles. The number of carbonyl (C=O) groups is 3. The Morgan fingerprint density at radius 1 is 1.19 bits per heavy atom. The highest BCUT2D eigenvalue weighted by Crippen LogP contribution is 2.31. The lowest BCUT2D eigenvalue weighted by molar-refractivity contribution is -0.130. The number of carbonyl (C=O) groups excluding carboxylic acids is 3. The summed E-state index contributed by atoms with van der Waals surface area (Å²) in [7, 11) is 3.85. The molecule has 0 saturated heterocycles. The van der Waals surface area contributed by atoms with E-state index in [1.54, 1.807) is 11.3 Å². The van der Waals surface area contributed by atoms with Gasteiger partial charge in [0, 0.05) is 43.8 Å². The van der Waals surface area contributed by atoms with Crippen LogP contribution >= 0.6 is 11.3 Å². The number of thiazole rings is 1. The summed E-state index contributed by atoms with van der Waals surface area (Å²) < 4.78 is 1.12. The third kappa shape index (κ3) is 8.57. The second kappa shape index (κ2) is 14.0. The molecule has 1 aliphatic rings. The Kier molecular flexibility index (Phi) is 11.0. The number of aryl methyl sites for hydroxylation is 1. The van der Waals surface area contributed by atoms with Gasteiger partial charge in [0.25, 0.3) is 0 Å². The van der Waals surface area contributed by atoms with Crippen LogP contribution in [0, 0.1) is 11.8 Å². The number of ketones is 2. The number of nitrogens with one attached hydrogen (secondary N) is 1. The number of nitrogens with zero attached hydrogens (tertiary/aromatic N) is 2. The Morgan fingerprint density at radius 3 is 2.57 bits per heavy atom. The van der Waals surface area contributed by atoms with E-state index in [9.17, 15) is 14.4 Å². The Labute approximate surface area is 225 Å². The Bertz CT molecular complexity index is 1100. The van der Waals surface area contributed by atoms with Gasteiger partial charge in [0.2, 0.25) is 5.91 Å². The Morgan fingerprint density at radius 2 is 1.92 bits per heavy atom. The van der Waals surface area contributed by atoms with Gasteiger partial charge in [0.15, 0.2) is 5.78 Å². The quantitative estimate of drug-likeness (QED) is 0.309. The summed E-state index contributed by atoms with van der Waals surface area (Å²) in [6, 6.07) is 6.24. The van der Waals surface area contributed by atoms with E-state index < -0.39 is 5.92 Å². The second-order valence-electron chi connectivity index (χ2n) is 10.7. The molecule has 7 heteroatoms. The van der Waals surface area contributed by atoms with E-state index in [1.165, 1.54) is 5.56 Å². The molecule has 0 bridgehead atoms. The summed E-state index contributed by atoms with van der Waals surface area (Å²) in [6.07, 6.45) is 7.47. The van der Waals surface area contributed by atoms with Crippen molar-refractivity contribution in [2.45, 2.75) is 84.1 Å². The predicted molar refractivity (Wildman–Crippen MR) is 152 cm³/mol. The molecule has 0 spiro atoms. The smallest absolute Gasteiger partial charge is 0.224 e. The zero-order chi connectivity index (χ0) is 26.9. The molecule has 1 amide bonds. The van der Waals surface area contributed by atoms with Crippen molar-refractivity contribution in [2.24, 2.45) is 11.8 Å². The molecule has 6 nitrogen and oxygen atoms in total. The maximum absolute atomic E-state index is 13.6. The van der Waals surface area contributed by atoms with Gasteiger partial charge in [0.1, 0.15) is 5.78 Å². The predicted octanol–water partition coefficient (Wildman–Crippen LogP) is 5.53. The molecule has 0 aliphatic heterocycles. The number of hydrogen-bond donors (Lipinski definition) is 1. The van der Waals surface area contributed by atoms with Crippen LogP contribution in [0.15, 0.2) is 30.4 Å². The minimum Gasteiger partial charge on any atom is -0.353 e. The van der Waals surface area contributed by atoms with Gasteiger partial charge in [-0.25, -0.2) is 4.98 Å². The first-order chi connectivity index (χ1) is 17.7. The highest BCUT2D eigenvalue weighted by atomic mass is 32.1. The molecule has 0 unspecified atom stereocenters. The van der Waals surface area contributed by atoms with Gasteiger partial charge in [-0.2, -0.15) is 0 Å². The van der Waals surface area contributed by atoms with Gasteiger partial charge in [-0.15, -0.1) is 11.3 Å². The SMILES string of the molecule is C=C(CN(C)C)C(=O)CC[C@@H](NC(=O)[C@@H](CC(=O)CC)Cc1nc2ccc(CC)cc2s1)C1CCCC1. The fourth-order valence-electron chi connectivity index (χ4n) is 5.23. The standard InChI is InChI=1S/C30H43N3O3S/c1-6-21-12-13-26-28(16-21)37-29(31-26)18-23(17-24(34)7-2)30(36)32-25(22-10-8-9-11-22)14-15-27(35)20(3)19-33(4)5/h12-13,16,22-23,25H,3,6-11,14-15,17-19H2,1-2,4-5H3,(H,32,36)/t23-,25+/m0/s1. The number of Topliss-reactive ketones (excluding diaryl/α,β-unsaturated/α-hetero) is 2. The Hall–Kier alpha value is -2.38. The first kappa shape index (κ1) is 29.2. The average molecular weight is 526 g/mol. The minimum atomic E-state index is -0.457. The third-order valence-electron chi connectivity index (χ3n) is 7.45. The summed E-state index contributed by atoms with van der Waals surface area (Å²) >= 11 is 1.61. The van der Waals surface area contributed by atoms with Crippen molar-refractivity contribution in [3.8, 4) is 0 Å². The largest absolute Gasteiger partial charge is 0.353 e. The molecule has 3 rings (SSSR count). The summed E-state index contributed by atoms with van der Waals surface area (Å²) in [5.74, 6) is -0.0308. The van der Waals surface area contributed by atoms with Crippen LogP contribution in [0.2, 0.25) is 0 Å². The molecule has 37 heavy (non-hydrogen) atoms. The van der Waals surface area contributed by atoms with Crippen LogP contribution in [0.4, 0.5) is 0 Å². The van der Waals surface area contributed by atoms with Gasteiger partial charge in [-0.1, -0.05) is 39.3 Å². The van der Waals surface area contributed by atoms with Crippen LogP contribution in [0.25, 0.3) is 10.2 Å². The molecule has 0 radical (unpaired) electrons. The van der Waals surface area contributed by atoms with Crippen molar-refractivity contribution in [1.82, 2.24) is 15.2 Å². The van der Waals surface area contributed by atoms with E-state index in [2.05, 4.69) is 31.0 Å². The Balaban J connectivity index is 1.73. The van der Waals surface area contributed by atoms with Crippen molar-refractivity contribution in [3.05, 3.63) is 40.9 Å². The number of hydrogen-bond acceptors (Lipinski definition) is 6. The van der Waals surface area contributed by atoms with E-state index in [1.807, 2.05) is 32.0 Å². The van der Waals surface area contributed by atoms with E-state index in [4.69, 9.17) is 4.98 Å². The van der Waals surface area contributed by atoms with Crippen molar-refractivity contribution >= 4 is 39.0 Å². The normalized spacial score (nSPS) is 15.7. The van der Waals surface area contributed by atoms with Crippen molar-refractivity contribution in [2.75, 3.05) is 20.6 Å². The number of likely N-dealkylation sites (N-methyl/N-ethyl adjacent to an activating group) is 1. The minimum absolute atomic E-state index is 0.0598. The number of fused-ring (bicyclic) bond motifs is 1. The molecule has 1 saturated carbocycles. The number of amides is 1. The molecular weight excluding hydrogens is 482 g/mol. The highest BCUT2D eigenvalue weighted by molar-refractivity contribution is 7.18. The number of aromatic nitrogens is 1. The van der Waals surface area contributed by atoms with Crippen LogP contribution in [0.5, 0.6) is 0 Å². The monoisotopic (exact) mass is 525 g/mol. The summed E-state index contributed by atoms with van der Waals surface area (Å²) in [5, 5.41) is 4.18. The lowest BCUT2D eigenvalue weighted by Gasteiger charge is -2.27. The van der Waals surface area contributed by atoms with Gasteiger partial charge in [0.05, 0.1) is 21.1 Å². The number of rotatable bonds is 15. The van der Waals surface area contributed by atoms with Gasteiger partial charge in [-0.05, 0) is 63.4 Å². The van der Waals surface area contributed by atoms with Gasteiger partial charge in [-0.3, -0.25) is 14.4 Å². The molecule has 2 aromatic rings. The topological polar surface area (TPSA) is 79.4 Å². The first-order valence-corrected chi connectivity index (χ1v) is 14.6. The van der Waals surface area contributed by atoms with Gasteiger partial charge < -0.3 is 10.2 Å². The summed E-state index contributed by atoms with van der Waals surface area (Å²) in [5.41, 5.74) is 2.81. The van der Waals surface area contributed by atoms with Crippen LogP contribution in [-0.4, -0.2) is 54.0 Å². The molecule has 1 N–H and O–H groups in total. The van der Waals surface area contributed by atoms with Crippen molar-refractivity contribution in [3.63, 3.8) is 0 Å². The maximum Gasteiger partial charge on any atom is 0.224 e. The van der Waals surface area contributed by atoms with Crippen molar-refractivity contribution in [1.29, 1.82) is 0 Å². The zero-order valence-electron chi connectivity index (χ0n) is 23.0. The van der Waals surface area contributed by atoms with Crippen LogP contribution < -0.4 is 5.32 Å². The van der Waals surface area contributed by atoms with Crippen molar-refractivity contribution < 1.29 is 14.4 Å². The van der Waals surface area contributed by atoms with Gasteiger partial charge >= 0.3 is 0 Å². The summed E-state index contributed by atoms with van der Waals surface area (Å²) in [6.45, 7) is 8.47. The van der Waals surface area contributed by atoms with E-state index in [0.29, 0.717) is 43.7 Å². The fraction of sp³-hybridized carbons (Fsp3) is 0.600.